The molecule has 3 heteroatoms. The number of hydrogen-bond acceptors (Lipinski definition) is 3. The van der Waals surface area contributed by atoms with Crippen molar-refractivity contribution in [3.63, 3.8) is 0 Å². The van der Waals surface area contributed by atoms with Gasteiger partial charge in [0.2, 0.25) is 0 Å². The van der Waals surface area contributed by atoms with Gasteiger partial charge in [0.05, 0.1) is 11.4 Å². The van der Waals surface area contributed by atoms with Crippen LogP contribution in [0.5, 0.6) is 0 Å². The first-order valence-corrected chi connectivity index (χ1v) is 4.83. The minimum absolute atomic E-state index is 0.787. The Labute approximate surface area is 84.6 Å². The molecule has 1 aromatic heterocycles. The van der Waals surface area contributed by atoms with E-state index < -0.39 is 0 Å². The molecule has 1 aromatic rings. The van der Waals surface area contributed by atoms with Crippen molar-refractivity contribution in [2.75, 3.05) is 13.1 Å². The van der Waals surface area contributed by atoms with Gasteiger partial charge in [-0.25, -0.2) is 4.98 Å². The minimum atomic E-state index is 0.787. The van der Waals surface area contributed by atoms with Gasteiger partial charge in [-0.2, -0.15) is 0 Å². The molecule has 0 radical (unpaired) electrons. The summed E-state index contributed by atoms with van der Waals surface area (Å²) in [6, 6.07) is 5.83. The zero-order valence-electron chi connectivity index (χ0n) is 8.64. The van der Waals surface area contributed by atoms with E-state index in [2.05, 4.69) is 15.0 Å². The molecule has 0 bridgehead atoms. The molecule has 0 N–H and O–H groups in total. The third kappa shape index (κ3) is 3.47. The maximum absolute atomic E-state index is 4.35. The maximum Gasteiger partial charge on any atom is 0.0815 e. The summed E-state index contributed by atoms with van der Waals surface area (Å²) in [6.45, 7) is 5.57. The highest BCUT2D eigenvalue weighted by Gasteiger charge is 1.91. The predicted molar refractivity (Wildman–Crippen MR) is 60.5 cm³/mol. The van der Waals surface area contributed by atoms with E-state index in [1.807, 2.05) is 32.0 Å². The fourth-order valence-corrected chi connectivity index (χ4v) is 0.982. The number of aromatic nitrogens is 1. The molecule has 0 aliphatic heterocycles. The van der Waals surface area contributed by atoms with E-state index in [9.17, 15) is 0 Å². The number of nitrogens with zero attached hydrogens (tertiary/aromatic N) is 3. The van der Waals surface area contributed by atoms with Crippen molar-refractivity contribution < 1.29 is 0 Å². The van der Waals surface area contributed by atoms with Crippen LogP contribution >= 0.6 is 0 Å². The molecule has 0 atom stereocenters. The summed E-state index contributed by atoms with van der Waals surface area (Å²) >= 11 is 0. The van der Waals surface area contributed by atoms with Gasteiger partial charge in [0, 0.05) is 25.5 Å². The lowest BCUT2D eigenvalue weighted by molar-refractivity contribution is 1.12. The van der Waals surface area contributed by atoms with Crippen LogP contribution in [0.1, 0.15) is 25.2 Å². The van der Waals surface area contributed by atoms with E-state index in [0.29, 0.717) is 0 Å². The van der Waals surface area contributed by atoms with Crippen molar-refractivity contribution in [3.8, 4) is 0 Å². The van der Waals surface area contributed by atoms with Gasteiger partial charge in [-0.05, 0) is 26.0 Å². The molecule has 0 spiro atoms. The third-order valence-corrected chi connectivity index (χ3v) is 1.60. The van der Waals surface area contributed by atoms with Crippen LogP contribution in [0.2, 0.25) is 0 Å². The van der Waals surface area contributed by atoms with Crippen LogP contribution in [0.3, 0.4) is 0 Å². The second-order valence-electron chi connectivity index (χ2n) is 2.74. The van der Waals surface area contributed by atoms with E-state index in [1.54, 1.807) is 12.4 Å². The van der Waals surface area contributed by atoms with Crippen LogP contribution in [-0.2, 0) is 0 Å². The monoisotopic (exact) mass is 189 g/mol. The summed E-state index contributed by atoms with van der Waals surface area (Å²) in [5.74, 6) is 0. The molecule has 0 amide bonds. The summed E-state index contributed by atoms with van der Waals surface area (Å²) in [7, 11) is 0. The lowest BCUT2D eigenvalue weighted by Crippen LogP contribution is -1.93. The van der Waals surface area contributed by atoms with Gasteiger partial charge < -0.3 is 0 Å². The lowest BCUT2D eigenvalue weighted by Gasteiger charge is -1.94. The molecule has 1 heterocycles. The minimum Gasteiger partial charge on any atom is -0.291 e. The molecule has 0 aliphatic rings. The highest BCUT2D eigenvalue weighted by atomic mass is 14.8. The highest BCUT2D eigenvalue weighted by Crippen LogP contribution is 1.95. The molecule has 1 rings (SSSR count). The fraction of sp³-hybridized carbons (Fsp3) is 0.364. The number of rotatable bonds is 4. The Hall–Kier alpha value is -1.51. The van der Waals surface area contributed by atoms with Crippen molar-refractivity contribution in [1.29, 1.82) is 0 Å². The van der Waals surface area contributed by atoms with Gasteiger partial charge >= 0.3 is 0 Å². The van der Waals surface area contributed by atoms with Crippen LogP contribution in [0.15, 0.2) is 28.2 Å². The van der Waals surface area contributed by atoms with Crippen molar-refractivity contribution in [3.05, 3.63) is 29.6 Å². The SMILES string of the molecule is CCN=Cc1cccc(C=NCC)n1. The molecule has 0 aromatic carbocycles. The fourth-order valence-electron chi connectivity index (χ4n) is 0.982. The van der Waals surface area contributed by atoms with Crippen LogP contribution in [0, 0.1) is 0 Å². The summed E-state index contributed by atoms with van der Waals surface area (Å²) in [5, 5.41) is 0. The molecule has 0 saturated carbocycles. The Bertz CT molecular complexity index is 300. The number of pyridine rings is 1. The van der Waals surface area contributed by atoms with Crippen molar-refractivity contribution >= 4 is 12.4 Å². The van der Waals surface area contributed by atoms with Gasteiger partial charge in [0.15, 0.2) is 0 Å². The highest BCUT2D eigenvalue weighted by molar-refractivity contribution is 5.81. The summed E-state index contributed by atoms with van der Waals surface area (Å²) in [4.78, 5) is 12.6. The van der Waals surface area contributed by atoms with Gasteiger partial charge in [-0.1, -0.05) is 6.07 Å². The van der Waals surface area contributed by atoms with E-state index >= 15 is 0 Å². The Balaban J connectivity index is 2.78. The Morgan fingerprint density at radius 3 is 2.00 bits per heavy atom. The van der Waals surface area contributed by atoms with E-state index in [4.69, 9.17) is 0 Å². The number of hydrogen-bond donors (Lipinski definition) is 0. The molecule has 3 nitrogen and oxygen atoms in total. The number of aliphatic imine (C=N–C) groups is 2. The van der Waals surface area contributed by atoms with Crippen molar-refractivity contribution in [2.24, 2.45) is 9.98 Å². The molecule has 0 fully saturated rings. The molecular formula is C11H15N3. The van der Waals surface area contributed by atoms with Gasteiger partial charge in [-0.3, -0.25) is 9.98 Å². The molecule has 0 saturated heterocycles. The third-order valence-electron chi connectivity index (χ3n) is 1.60. The van der Waals surface area contributed by atoms with Crippen LogP contribution in [0.4, 0.5) is 0 Å². The van der Waals surface area contributed by atoms with Crippen molar-refractivity contribution in [1.82, 2.24) is 4.98 Å². The van der Waals surface area contributed by atoms with Crippen molar-refractivity contribution in [2.45, 2.75) is 13.8 Å². The van der Waals surface area contributed by atoms with E-state index in [-0.39, 0.29) is 0 Å². The normalized spacial score (nSPS) is 11.6. The Kier molecular flexibility index (Phi) is 4.55. The quantitative estimate of drug-likeness (QED) is 0.667. The summed E-state index contributed by atoms with van der Waals surface area (Å²) in [6.07, 6.45) is 3.56. The first kappa shape index (κ1) is 10.6. The second kappa shape index (κ2) is 6.02. The van der Waals surface area contributed by atoms with E-state index in [0.717, 1.165) is 24.5 Å². The largest absolute Gasteiger partial charge is 0.291 e. The standard InChI is InChI=1S/C11H15N3/c1-3-12-8-10-6-5-7-11(14-10)9-13-4-2/h5-9H,3-4H2,1-2H3. The topological polar surface area (TPSA) is 37.6 Å². The Morgan fingerprint density at radius 2 is 1.57 bits per heavy atom. The average Bonchev–Trinajstić information content (AvgIpc) is 2.24. The van der Waals surface area contributed by atoms with E-state index in [1.165, 1.54) is 0 Å². The zero-order chi connectivity index (χ0) is 10.2. The molecule has 0 aliphatic carbocycles. The molecule has 0 unspecified atom stereocenters. The smallest absolute Gasteiger partial charge is 0.0815 e. The zero-order valence-corrected chi connectivity index (χ0v) is 8.64. The van der Waals surface area contributed by atoms with Gasteiger partial charge in [-0.15, -0.1) is 0 Å². The molecule has 74 valence electrons. The second-order valence-corrected chi connectivity index (χ2v) is 2.74. The Morgan fingerprint density at radius 1 is 1.07 bits per heavy atom. The first-order chi connectivity index (χ1) is 6.86. The van der Waals surface area contributed by atoms with Crippen LogP contribution in [-0.4, -0.2) is 30.5 Å². The van der Waals surface area contributed by atoms with Gasteiger partial charge in [0.25, 0.3) is 0 Å². The molecular weight excluding hydrogens is 174 g/mol. The summed E-state index contributed by atoms with van der Waals surface area (Å²) in [5.41, 5.74) is 1.76. The predicted octanol–water partition coefficient (Wildman–Crippen LogP) is 1.96. The lowest BCUT2D eigenvalue weighted by atomic mass is 10.3. The molecule has 14 heavy (non-hydrogen) atoms. The average molecular weight is 189 g/mol. The van der Waals surface area contributed by atoms with Crippen LogP contribution < -0.4 is 0 Å². The summed E-state index contributed by atoms with van der Waals surface area (Å²) < 4.78 is 0. The maximum atomic E-state index is 4.35. The van der Waals surface area contributed by atoms with Crippen LogP contribution in [0.25, 0.3) is 0 Å². The first-order valence-electron chi connectivity index (χ1n) is 4.83. The van der Waals surface area contributed by atoms with Gasteiger partial charge in [0.1, 0.15) is 0 Å².